The standard InChI is InChI=1S/C33H48N4O3/c1-4-5-6-7-8-9-10-11-12-13-14-15-16-17-18-19-20-21-32(38)36-24-22-30(23-25-36)28-35(3)33(39)31-26-34-29(2)27-37(31)40/h5-6,8-9,11-12,14-15,17-18,26-27,30H,4,7,10,13,16,19-25,28H2,1-3H3. The number of allylic oxidation sites excluding steroid dienone is 10. The highest BCUT2D eigenvalue weighted by molar-refractivity contribution is 5.90. The van der Waals surface area contributed by atoms with Crippen molar-refractivity contribution < 1.29 is 14.3 Å². The first kappa shape index (κ1) is 32.7. The minimum absolute atomic E-state index is 0.0354. The third kappa shape index (κ3) is 13.0. The van der Waals surface area contributed by atoms with Crippen LogP contribution in [0.2, 0.25) is 0 Å². The predicted octanol–water partition coefficient (Wildman–Crippen LogP) is 6.26. The molecular formula is C33H48N4O3. The molecule has 40 heavy (non-hydrogen) atoms. The van der Waals surface area contributed by atoms with Gasteiger partial charge in [0.15, 0.2) is 0 Å². The zero-order valence-corrected chi connectivity index (χ0v) is 24.7. The average Bonchev–Trinajstić information content (AvgIpc) is 2.94. The summed E-state index contributed by atoms with van der Waals surface area (Å²) in [6.45, 7) is 5.88. The van der Waals surface area contributed by atoms with Gasteiger partial charge in [-0.2, -0.15) is 4.73 Å². The zero-order chi connectivity index (χ0) is 29.0. The molecule has 218 valence electrons. The van der Waals surface area contributed by atoms with Crippen molar-refractivity contribution in [3.8, 4) is 0 Å². The molecule has 1 fully saturated rings. The first-order chi connectivity index (χ1) is 19.4. The van der Waals surface area contributed by atoms with Crippen molar-refractivity contribution in [2.24, 2.45) is 5.92 Å². The second-order valence-electron chi connectivity index (χ2n) is 10.3. The van der Waals surface area contributed by atoms with Gasteiger partial charge in [-0.25, -0.2) is 4.98 Å². The van der Waals surface area contributed by atoms with E-state index in [0.717, 1.165) is 70.9 Å². The van der Waals surface area contributed by atoms with Crippen molar-refractivity contribution in [1.29, 1.82) is 0 Å². The van der Waals surface area contributed by atoms with Crippen LogP contribution in [-0.4, -0.2) is 53.3 Å². The summed E-state index contributed by atoms with van der Waals surface area (Å²) in [5, 5.41) is 12.0. The smallest absolute Gasteiger partial charge is 0.321 e. The van der Waals surface area contributed by atoms with Crippen LogP contribution in [0, 0.1) is 18.0 Å². The molecule has 1 aliphatic heterocycles. The van der Waals surface area contributed by atoms with Gasteiger partial charge >= 0.3 is 5.91 Å². The monoisotopic (exact) mass is 548 g/mol. The Morgan fingerprint density at radius 1 is 0.975 bits per heavy atom. The van der Waals surface area contributed by atoms with E-state index >= 15 is 0 Å². The Balaban J connectivity index is 1.53. The lowest BCUT2D eigenvalue weighted by atomic mass is 9.96. The molecule has 0 saturated carbocycles. The summed E-state index contributed by atoms with van der Waals surface area (Å²) in [6.07, 6.45) is 33.6. The Morgan fingerprint density at radius 3 is 2.08 bits per heavy atom. The van der Waals surface area contributed by atoms with Crippen molar-refractivity contribution in [2.45, 2.75) is 78.1 Å². The van der Waals surface area contributed by atoms with Gasteiger partial charge in [-0.05, 0) is 70.6 Å². The molecular weight excluding hydrogens is 500 g/mol. The molecule has 0 N–H and O–H groups in total. The number of hydrogen-bond donors (Lipinski definition) is 0. The molecule has 0 atom stereocenters. The molecule has 0 aliphatic carbocycles. The van der Waals surface area contributed by atoms with Crippen LogP contribution in [0.4, 0.5) is 0 Å². The van der Waals surface area contributed by atoms with Crippen molar-refractivity contribution in [3.63, 3.8) is 0 Å². The summed E-state index contributed by atoms with van der Waals surface area (Å²) < 4.78 is 0.585. The number of rotatable bonds is 16. The van der Waals surface area contributed by atoms with E-state index in [4.69, 9.17) is 0 Å². The van der Waals surface area contributed by atoms with Crippen LogP contribution in [-0.2, 0) is 4.79 Å². The third-order valence-electron chi connectivity index (χ3n) is 6.92. The molecule has 7 nitrogen and oxygen atoms in total. The van der Waals surface area contributed by atoms with Crippen LogP contribution in [0.15, 0.2) is 73.2 Å². The van der Waals surface area contributed by atoms with Crippen LogP contribution >= 0.6 is 0 Å². The topological polar surface area (TPSA) is 80.5 Å². The Kier molecular flexibility index (Phi) is 16.0. The van der Waals surface area contributed by atoms with E-state index in [-0.39, 0.29) is 17.5 Å². The van der Waals surface area contributed by atoms with Gasteiger partial charge in [-0.15, -0.1) is 0 Å². The molecule has 1 saturated heterocycles. The number of piperidine rings is 1. The molecule has 0 radical (unpaired) electrons. The predicted molar refractivity (Wildman–Crippen MR) is 163 cm³/mol. The normalized spacial score (nSPS) is 15.0. The van der Waals surface area contributed by atoms with E-state index in [1.54, 1.807) is 18.9 Å². The minimum atomic E-state index is -0.323. The summed E-state index contributed by atoms with van der Waals surface area (Å²) >= 11 is 0. The second kappa shape index (κ2) is 19.6. The van der Waals surface area contributed by atoms with Gasteiger partial charge in [0, 0.05) is 33.1 Å². The number of amides is 2. The number of aryl methyl sites for hydroxylation is 1. The van der Waals surface area contributed by atoms with E-state index in [9.17, 15) is 14.8 Å². The molecule has 0 unspecified atom stereocenters. The molecule has 0 spiro atoms. The Bertz CT molecular complexity index is 1050. The molecule has 2 heterocycles. The number of aromatic nitrogens is 2. The number of likely N-dealkylation sites (tertiary alicyclic amines) is 1. The molecule has 1 aliphatic rings. The van der Waals surface area contributed by atoms with Gasteiger partial charge in [0.25, 0.3) is 5.69 Å². The Labute approximate surface area is 241 Å². The van der Waals surface area contributed by atoms with Gasteiger partial charge in [0.2, 0.25) is 12.1 Å². The molecule has 2 rings (SSSR count). The summed E-state index contributed by atoms with van der Waals surface area (Å²) in [7, 11) is 1.72. The number of carbonyl (C=O) groups excluding carboxylic acids is 2. The van der Waals surface area contributed by atoms with Crippen LogP contribution < -0.4 is 4.73 Å². The van der Waals surface area contributed by atoms with E-state index in [2.05, 4.69) is 72.7 Å². The van der Waals surface area contributed by atoms with Crippen LogP contribution in [0.3, 0.4) is 0 Å². The second-order valence-corrected chi connectivity index (χ2v) is 10.3. The van der Waals surface area contributed by atoms with E-state index in [1.165, 1.54) is 12.4 Å². The molecule has 0 bridgehead atoms. The first-order valence-electron chi connectivity index (χ1n) is 14.8. The van der Waals surface area contributed by atoms with Crippen LogP contribution in [0.25, 0.3) is 0 Å². The summed E-state index contributed by atoms with van der Waals surface area (Å²) in [5.41, 5.74) is 0.609. The lowest BCUT2D eigenvalue weighted by Crippen LogP contribution is -2.44. The highest BCUT2D eigenvalue weighted by atomic mass is 16.5. The van der Waals surface area contributed by atoms with E-state index in [1.807, 2.05) is 4.90 Å². The summed E-state index contributed by atoms with van der Waals surface area (Å²) in [6, 6.07) is 0. The number of nitrogens with zero attached hydrogens (tertiary/aromatic N) is 4. The van der Waals surface area contributed by atoms with Crippen LogP contribution in [0.5, 0.6) is 0 Å². The average molecular weight is 549 g/mol. The van der Waals surface area contributed by atoms with Crippen molar-refractivity contribution in [3.05, 3.63) is 89.7 Å². The Hall–Kier alpha value is -3.48. The first-order valence-corrected chi connectivity index (χ1v) is 14.8. The molecule has 1 aromatic rings. The highest BCUT2D eigenvalue weighted by Gasteiger charge is 2.27. The van der Waals surface area contributed by atoms with Crippen LogP contribution in [0.1, 0.15) is 87.3 Å². The SMILES string of the molecule is CCC=CCC=CCC=CCC=CCC=CCCCC(=O)N1CCC(CN(C)C(=O)c2cnc(C)c[n+]2[O-])CC1. The van der Waals surface area contributed by atoms with Gasteiger partial charge in [-0.1, -0.05) is 67.7 Å². The van der Waals surface area contributed by atoms with Crippen molar-refractivity contribution in [2.75, 3.05) is 26.7 Å². The summed E-state index contributed by atoms with van der Waals surface area (Å²) in [5.74, 6) is 0.210. The third-order valence-corrected chi connectivity index (χ3v) is 6.92. The van der Waals surface area contributed by atoms with Gasteiger partial charge < -0.3 is 15.0 Å². The molecule has 2 amide bonds. The highest BCUT2D eigenvalue weighted by Crippen LogP contribution is 2.20. The fraction of sp³-hybridized carbons (Fsp3) is 0.515. The molecule has 1 aromatic heterocycles. The van der Waals surface area contributed by atoms with E-state index in [0.29, 0.717) is 29.3 Å². The van der Waals surface area contributed by atoms with Gasteiger partial charge in [0.1, 0.15) is 11.9 Å². The van der Waals surface area contributed by atoms with E-state index < -0.39 is 0 Å². The van der Waals surface area contributed by atoms with Crippen molar-refractivity contribution in [1.82, 2.24) is 14.8 Å². The molecule has 7 heteroatoms. The number of hydrogen-bond acceptors (Lipinski definition) is 4. The fourth-order valence-corrected chi connectivity index (χ4v) is 4.57. The fourth-order valence-electron chi connectivity index (χ4n) is 4.57. The maximum atomic E-state index is 12.6. The maximum absolute atomic E-state index is 12.6. The summed E-state index contributed by atoms with van der Waals surface area (Å²) in [4.78, 5) is 32.9. The maximum Gasteiger partial charge on any atom is 0.321 e. The van der Waals surface area contributed by atoms with Gasteiger partial charge in [0.05, 0.1) is 0 Å². The van der Waals surface area contributed by atoms with Gasteiger partial charge in [-0.3, -0.25) is 9.59 Å². The lowest BCUT2D eigenvalue weighted by molar-refractivity contribution is -0.609. The quantitative estimate of drug-likeness (QED) is 0.106. The number of carbonyl (C=O) groups is 2. The molecule has 0 aromatic carbocycles. The lowest BCUT2D eigenvalue weighted by Gasteiger charge is -2.33. The minimum Gasteiger partial charge on any atom is -0.618 e. The number of unbranched alkanes of at least 4 members (excludes halogenated alkanes) is 1. The largest absolute Gasteiger partial charge is 0.618 e. The van der Waals surface area contributed by atoms with Crippen molar-refractivity contribution >= 4 is 11.8 Å². The zero-order valence-electron chi connectivity index (χ0n) is 24.7. The Morgan fingerprint density at radius 2 is 1.52 bits per heavy atom.